The van der Waals surface area contributed by atoms with E-state index < -0.39 is 11.7 Å². The summed E-state index contributed by atoms with van der Waals surface area (Å²) in [6, 6.07) is 9.95. The number of carbonyl (C=O) groups excluding carboxylic acids is 1. The maximum Gasteiger partial charge on any atom is 0.417 e. The summed E-state index contributed by atoms with van der Waals surface area (Å²) in [5, 5.41) is 10.8. The Morgan fingerprint density at radius 1 is 1.13 bits per heavy atom. The van der Waals surface area contributed by atoms with Crippen molar-refractivity contribution in [2.24, 2.45) is 0 Å². The van der Waals surface area contributed by atoms with Crippen LogP contribution in [-0.4, -0.2) is 38.7 Å². The van der Waals surface area contributed by atoms with Gasteiger partial charge in [-0.1, -0.05) is 23.5 Å². The molecule has 1 aromatic carbocycles. The predicted octanol–water partition coefficient (Wildman–Crippen LogP) is 4.05. The van der Waals surface area contributed by atoms with E-state index >= 15 is 0 Å². The second kappa shape index (κ2) is 8.34. The molecule has 2 N–H and O–H groups in total. The first-order valence-electron chi connectivity index (χ1n) is 9.29. The zero-order valence-corrected chi connectivity index (χ0v) is 17.1. The fourth-order valence-corrected chi connectivity index (χ4v) is 3.82. The zero-order chi connectivity index (χ0) is 22.0. The van der Waals surface area contributed by atoms with Crippen LogP contribution in [0.15, 0.2) is 48.8 Å². The molecular weight excluding hydrogens is 429 g/mol. The molecule has 11 heteroatoms. The number of carbonyl (C=O) groups is 1. The number of pyridine rings is 1. The summed E-state index contributed by atoms with van der Waals surface area (Å²) in [5.41, 5.74) is 0.865. The van der Waals surface area contributed by atoms with Gasteiger partial charge in [-0.25, -0.2) is 14.6 Å². The molecule has 0 unspecified atom stereocenters. The molecule has 4 rings (SSSR count). The Morgan fingerprint density at radius 3 is 2.65 bits per heavy atom. The average Bonchev–Trinajstić information content (AvgIpc) is 3.33. The molecule has 1 amide bonds. The van der Waals surface area contributed by atoms with Crippen LogP contribution in [0.25, 0.3) is 16.0 Å². The molecule has 3 aromatic heterocycles. The van der Waals surface area contributed by atoms with Gasteiger partial charge in [0.25, 0.3) is 5.91 Å². The number of rotatable bonds is 6. The molecule has 0 aliphatic carbocycles. The minimum absolute atomic E-state index is 0.196. The van der Waals surface area contributed by atoms with Gasteiger partial charge in [0.15, 0.2) is 10.9 Å². The van der Waals surface area contributed by atoms with Crippen molar-refractivity contribution in [3.05, 3.63) is 65.6 Å². The number of para-hydroxylation sites is 1. The van der Waals surface area contributed by atoms with Gasteiger partial charge in [-0.2, -0.15) is 18.3 Å². The highest BCUT2D eigenvalue weighted by Crippen LogP contribution is 2.29. The third kappa shape index (κ3) is 4.50. The van der Waals surface area contributed by atoms with Crippen LogP contribution >= 0.6 is 11.3 Å². The lowest BCUT2D eigenvalue weighted by Gasteiger charge is -2.08. The summed E-state index contributed by atoms with van der Waals surface area (Å²) >= 11 is 1.53. The van der Waals surface area contributed by atoms with Gasteiger partial charge in [0, 0.05) is 19.3 Å². The molecule has 0 spiro atoms. The molecule has 0 saturated heterocycles. The minimum Gasteiger partial charge on any atom is -0.360 e. The van der Waals surface area contributed by atoms with E-state index in [0.717, 1.165) is 27.6 Å². The summed E-state index contributed by atoms with van der Waals surface area (Å²) in [6.45, 7) is 2.50. The lowest BCUT2D eigenvalue weighted by molar-refractivity contribution is -0.137. The smallest absolute Gasteiger partial charge is 0.360 e. The number of anilines is 1. The van der Waals surface area contributed by atoms with Gasteiger partial charge < -0.3 is 10.6 Å². The van der Waals surface area contributed by atoms with Gasteiger partial charge in [-0.15, -0.1) is 0 Å². The third-order valence-corrected chi connectivity index (χ3v) is 5.52. The van der Waals surface area contributed by atoms with E-state index in [2.05, 4.69) is 25.7 Å². The lowest BCUT2D eigenvalue weighted by Crippen LogP contribution is -2.29. The fraction of sp³-hybridized carbons (Fsp3) is 0.200. The van der Waals surface area contributed by atoms with E-state index in [1.807, 2.05) is 24.3 Å². The first-order chi connectivity index (χ1) is 14.8. The summed E-state index contributed by atoms with van der Waals surface area (Å²) in [4.78, 5) is 20.7. The number of fused-ring (bicyclic) bond motifs is 1. The van der Waals surface area contributed by atoms with Crippen LogP contribution < -0.4 is 10.6 Å². The van der Waals surface area contributed by atoms with Crippen LogP contribution in [0.4, 0.5) is 18.3 Å². The van der Waals surface area contributed by atoms with Crippen LogP contribution in [0.1, 0.15) is 21.6 Å². The maximum atomic E-state index is 12.7. The van der Waals surface area contributed by atoms with Gasteiger partial charge in [-0.05, 0) is 31.2 Å². The van der Waals surface area contributed by atoms with Gasteiger partial charge in [0.2, 0.25) is 0 Å². The van der Waals surface area contributed by atoms with E-state index in [4.69, 9.17) is 0 Å². The summed E-state index contributed by atoms with van der Waals surface area (Å²) < 4.78 is 40.5. The van der Waals surface area contributed by atoms with Crippen LogP contribution in [0.5, 0.6) is 0 Å². The van der Waals surface area contributed by atoms with Gasteiger partial charge >= 0.3 is 6.18 Å². The van der Waals surface area contributed by atoms with Crippen molar-refractivity contribution in [3.63, 3.8) is 0 Å². The highest BCUT2D eigenvalue weighted by molar-refractivity contribution is 7.22. The molecule has 31 heavy (non-hydrogen) atoms. The molecule has 0 atom stereocenters. The van der Waals surface area contributed by atoms with Crippen molar-refractivity contribution in [1.29, 1.82) is 0 Å². The number of nitrogens with one attached hydrogen (secondary N) is 2. The summed E-state index contributed by atoms with van der Waals surface area (Å²) in [5.74, 6) is -0.135. The Balaban J connectivity index is 1.35. The second-order valence-corrected chi connectivity index (χ2v) is 7.66. The van der Waals surface area contributed by atoms with E-state index in [1.165, 1.54) is 28.3 Å². The van der Waals surface area contributed by atoms with Crippen LogP contribution in [-0.2, 0) is 6.18 Å². The maximum absolute atomic E-state index is 12.7. The molecule has 7 nitrogen and oxygen atoms in total. The van der Waals surface area contributed by atoms with E-state index in [-0.39, 0.29) is 11.7 Å². The predicted molar refractivity (Wildman–Crippen MR) is 112 cm³/mol. The Morgan fingerprint density at radius 2 is 1.94 bits per heavy atom. The standard InChI is InChI=1S/C20H17F3N6OS/c1-12-14(11-27-29(12)17-7-6-13(10-26-17)20(21,22)23)18(30)24-8-9-25-19-28-15-4-2-3-5-16(15)31-19/h2-7,10-11H,8-9H2,1H3,(H,24,30)(H,25,28). The molecule has 0 fully saturated rings. The zero-order valence-electron chi connectivity index (χ0n) is 16.3. The second-order valence-electron chi connectivity index (χ2n) is 6.63. The van der Waals surface area contributed by atoms with Crippen molar-refractivity contribution in [1.82, 2.24) is 25.1 Å². The molecule has 0 aliphatic heterocycles. The molecule has 160 valence electrons. The van der Waals surface area contributed by atoms with Crippen molar-refractivity contribution in [2.45, 2.75) is 13.1 Å². The number of thiazole rings is 1. The van der Waals surface area contributed by atoms with Crippen molar-refractivity contribution in [3.8, 4) is 5.82 Å². The van der Waals surface area contributed by atoms with Crippen LogP contribution in [0.2, 0.25) is 0 Å². The number of alkyl halides is 3. The SMILES string of the molecule is Cc1c(C(=O)NCCNc2nc3ccccc3s2)cnn1-c1ccc(C(F)(F)F)cn1. The Hall–Kier alpha value is -3.47. The minimum atomic E-state index is -4.46. The number of nitrogens with zero attached hydrogens (tertiary/aromatic N) is 4. The number of halogens is 3. The largest absolute Gasteiger partial charge is 0.417 e. The van der Waals surface area contributed by atoms with E-state index in [0.29, 0.717) is 24.3 Å². The summed E-state index contributed by atoms with van der Waals surface area (Å²) in [6.07, 6.45) is -2.36. The highest BCUT2D eigenvalue weighted by atomic mass is 32.1. The summed E-state index contributed by atoms with van der Waals surface area (Å²) in [7, 11) is 0. The lowest BCUT2D eigenvalue weighted by atomic mass is 10.2. The van der Waals surface area contributed by atoms with Gasteiger partial charge in [-0.3, -0.25) is 4.79 Å². The average molecular weight is 446 g/mol. The number of aromatic nitrogens is 4. The van der Waals surface area contributed by atoms with Gasteiger partial charge in [0.05, 0.1) is 33.2 Å². The third-order valence-electron chi connectivity index (χ3n) is 4.53. The molecule has 0 saturated carbocycles. The fourth-order valence-electron chi connectivity index (χ4n) is 2.93. The molecule has 3 heterocycles. The number of hydrogen-bond acceptors (Lipinski definition) is 6. The Kier molecular flexibility index (Phi) is 5.59. The van der Waals surface area contributed by atoms with Crippen molar-refractivity contribution >= 4 is 32.6 Å². The van der Waals surface area contributed by atoms with Gasteiger partial charge in [0.1, 0.15) is 0 Å². The molecule has 0 radical (unpaired) electrons. The highest BCUT2D eigenvalue weighted by Gasteiger charge is 2.30. The molecule has 0 aliphatic rings. The van der Waals surface area contributed by atoms with E-state index in [1.54, 1.807) is 6.92 Å². The normalized spacial score (nSPS) is 11.6. The monoisotopic (exact) mass is 446 g/mol. The number of amides is 1. The first-order valence-corrected chi connectivity index (χ1v) is 10.1. The molecule has 0 bridgehead atoms. The van der Waals surface area contributed by atoms with Crippen molar-refractivity contribution < 1.29 is 18.0 Å². The topological polar surface area (TPSA) is 84.7 Å². The molecular formula is C20H17F3N6OS. The Bertz CT molecular complexity index is 1180. The van der Waals surface area contributed by atoms with E-state index in [9.17, 15) is 18.0 Å². The Labute approximate surface area is 178 Å². The van der Waals surface area contributed by atoms with Crippen LogP contribution in [0.3, 0.4) is 0 Å². The number of benzene rings is 1. The molecule has 4 aromatic rings. The van der Waals surface area contributed by atoms with Crippen LogP contribution in [0, 0.1) is 6.92 Å². The number of hydrogen-bond donors (Lipinski definition) is 2. The van der Waals surface area contributed by atoms with Crippen molar-refractivity contribution in [2.75, 3.05) is 18.4 Å². The first kappa shape index (κ1) is 20.8. The quantitative estimate of drug-likeness (QED) is 0.437.